The van der Waals surface area contributed by atoms with Crippen LogP contribution >= 0.6 is 0 Å². The molecule has 0 bridgehead atoms. The van der Waals surface area contributed by atoms with Crippen LogP contribution < -0.4 is 5.73 Å². The Morgan fingerprint density at radius 3 is 2.67 bits per heavy atom. The average Bonchev–Trinajstić information content (AvgIpc) is 2.17. The second-order valence-electron chi connectivity index (χ2n) is 4.97. The molecule has 0 radical (unpaired) electrons. The van der Waals surface area contributed by atoms with Crippen LogP contribution in [0.5, 0.6) is 0 Å². The lowest BCUT2D eigenvalue weighted by atomic mass is 9.66. The minimum absolute atomic E-state index is 0.199. The number of nitrogens with zero attached hydrogens (tertiary/aromatic N) is 1. The molecule has 0 aliphatic heterocycles. The zero-order chi connectivity index (χ0) is 10.9. The molecular weight excluding hydrogens is 184 g/mol. The van der Waals surface area contributed by atoms with Gasteiger partial charge in [0.15, 0.2) is 0 Å². The topological polar surface area (TPSA) is 38.9 Å². The number of hydrogen-bond donors (Lipinski definition) is 1. The highest BCUT2D eigenvalue weighted by Gasteiger charge is 2.38. The first-order valence-electron chi connectivity index (χ1n) is 5.84. The molecule has 1 aromatic heterocycles. The van der Waals surface area contributed by atoms with Gasteiger partial charge < -0.3 is 5.73 Å². The summed E-state index contributed by atoms with van der Waals surface area (Å²) in [7, 11) is 0. The number of aromatic nitrogens is 1. The highest BCUT2D eigenvalue weighted by Crippen LogP contribution is 2.42. The van der Waals surface area contributed by atoms with E-state index >= 15 is 0 Å². The Balaban J connectivity index is 2.31. The lowest BCUT2D eigenvalue weighted by molar-refractivity contribution is 0.245. The fraction of sp³-hybridized carbons (Fsp3) is 0.615. The lowest BCUT2D eigenvalue weighted by Crippen LogP contribution is -2.42. The first kappa shape index (κ1) is 10.6. The maximum Gasteiger partial charge on any atom is 0.0480 e. The van der Waals surface area contributed by atoms with Gasteiger partial charge in [0.2, 0.25) is 0 Å². The van der Waals surface area contributed by atoms with E-state index in [1.165, 1.54) is 30.5 Å². The third-order valence-electron chi connectivity index (χ3n) is 3.70. The second-order valence-corrected chi connectivity index (χ2v) is 4.97. The quantitative estimate of drug-likeness (QED) is 0.822. The van der Waals surface area contributed by atoms with E-state index < -0.39 is 0 Å². The van der Waals surface area contributed by atoms with Gasteiger partial charge in [-0.05, 0) is 36.5 Å². The Bertz CT molecular complexity index is 335. The predicted molar refractivity (Wildman–Crippen MR) is 62.9 cm³/mol. The molecule has 1 aromatic rings. The van der Waals surface area contributed by atoms with E-state index in [0.717, 1.165) is 6.54 Å². The molecular formula is C13H20N2. The van der Waals surface area contributed by atoms with Crippen LogP contribution in [0.25, 0.3) is 0 Å². The molecule has 0 saturated heterocycles. The highest BCUT2D eigenvalue weighted by atomic mass is 14.8. The van der Waals surface area contributed by atoms with Crippen LogP contribution in [-0.4, -0.2) is 11.5 Å². The molecule has 1 aliphatic rings. The van der Waals surface area contributed by atoms with E-state index in [4.69, 9.17) is 5.73 Å². The van der Waals surface area contributed by atoms with Crippen LogP contribution in [-0.2, 0) is 5.41 Å². The molecule has 0 amide bonds. The predicted octanol–water partition coefficient (Wildman–Crippen LogP) is 2.59. The van der Waals surface area contributed by atoms with Crippen LogP contribution in [0, 0.1) is 0 Å². The fourth-order valence-electron chi connectivity index (χ4n) is 2.26. The van der Waals surface area contributed by atoms with Crippen molar-refractivity contribution in [1.29, 1.82) is 0 Å². The minimum atomic E-state index is 0.199. The Morgan fingerprint density at radius 2 is 2.20 bits per heavy atom. The maximum atomic E-state index is 5.89. The van der Waals surface area contributed by atoms with E-state index in [0.29, 0.717) is 5.92 Å². The minimum Gasteiger partial charge on any atom is -0.330 e. The third-order valence-corrected chi connectivity index (χ3v) is 3.70. The fourth-order valence-corrected chi connectivity index (χ4v) is 2.26. The Morgan fingerprint density at radius 1 is 1.47 bits per heavy atom. The van der Waals surface area contributed by atoms with Gasteiger partial charge in [0.05, 0.1) is 0 Å². The van der Waals surface area contributed by atoms with Gasteiger partial charge in [0.25, 0.3) is 0 Å². The monoisotopic (exact) mass is 204 g/mol. The largest absolute Gasteiger partial charge is 0.330 e. The maximum absolute atomic E-state index is 5.89. The molecule has 0 unspecified atom stereocenters. The standard InChI is InChI=1S/C13H20N2/c1-10(2)11-4-7-15-12(8-11)13(9-14)5-3-6-13/h4,7-8,10H,3,5-6,9,14H2,1-2H3. The van der Waals surface area contributed by atoms with Gasteiger partial charge in [-0.3, -0.25) is 4.98 Å². The molecule has 2 nitrogen and oxygen atoms in total. The van der Waals surface area contributed by atoms with E-state index in [1.54, 1.807) is 0 Å². The molecule has 1 heterocycles. The molecule has 0 spiro atoms. The van der Waals surface area contributed by atoms with Crippen molar-refractivity contribution in [2.45, 2.75) is 44.4 Å². The molecule has 15 heavy (non-hydrogen) atoms. The molecule has 2 heteroatoms. The summed E-state index contributed by atoms with van der Waals surface area (Å²) in [6.45, 7) is 5.17. The van der Waals surface area contributed by atoms with Crippen molar-refractivity contribution < 1.29 is 0 Å². The highest BCUT2D eigenvalue weighted by molar-refractivity contribution is 5.27. The normalized spacial score (nSPS) is 18.9. The van der Waals surface area contributed by atoms with Crippen LogP contribution in [0.15, 0.2) is 18.3 Å². The van der Waals surface area contributed by atoms with Crippen molar-refractivity contribution in [1.82, 2.24) is 4.98 Å². The van der Waals surface area contributed by atoms with Gasteiger partial charge in [-0.1, -0.05) is 20.3 Å². The van der Waals surface area contributed by atoms with Gasteiger partial charge in [-0.25, -0.2) is 0 Å². The Labute approximate surface area is 91.9 Å². The van der Waals surface area contributed by atoms with E-state index in [-0.39, 0.29) is 5.41 Å². The van der Waals surface area contributed by atoms with Crippen LogP contribution in [0.2, 0.25) is 0 Å². The molecule has 1 saturated carbocycles. The molecule has 1 aliphatic carbocycles. The Hall–Kier alpha value is -0.890. The summed E-state index contributed by atoms with van der Waals surface area (Å²) in [6, 6.07) is 4.35. The summed E-state index contributed by atoms with van der Waals surface area (Å²) in [5, 5.41) is 0. The summed E-state index contributed by atoms with van der Waals surface area (Å²) in [4.78, 5) is 4.51. The summed E-state index contributed by atoms with van der Waals surface area (Å²) >= 11 is 0. The van der Waals surface area contributed by atoms with Crippen molar-refractivity contribution in [2.24, 2.45) is 5.73 Å². The van der Waals surface area contributed by atoms with Gasteiger partial charge in [0, 0.05) is 23.9 Å². The van der Waals surface area contributed by atoms with Crippen molar-refractivity contribution >= 4 is 0 Å². The number of nitrogens with two attached hydrogens (primary N) is 1. The van der Waals surface area contributed by atoms with Gasteiger partial charge >= 0.3 is 0 Å². The summed E-state index contributed by atoms with van der Waals surface area (Å²) in [6.07, 6.45) is 5.64. The summed E-state index contributed by atoms with van der Waals surface area (Å²) in [5.74, 6) is 0.571. The number of rotatable bonds is 3. The van der Waals surface area contributed by atoms with Crippen LogP contribution in [0.1, 0.15) is 50.3 Å². The van der Waals surface area contributed by atoms with E-state index in [1.807, 2.05) is 6.20 Å². The number of pyridine rings is 1. The lowest BCUT2D eigenvalue weighted by Gasteiger charge is -2.40. The van der Waals surface area contributed by atoms with E-state index in [2.05, 4.69) is 31.0 Å². The van der Waals surface area contributed by atoms with E-state index in [9.17, 15) is 0 Å². The van der Waals surface area contributed by atoms with Crippen molar-refractivity contribution in [3.05, 3.63) is 29.6 Å². The molecule has 2 rings (SSSR count). The van der Waals surface area contributed by atoms with Gasteiger partial charge in [0.1, 0.15) is 0 Å². The van der Waals surface area contributed by atoms with Crippen LogP contribution in [0.4, 0.5) is 0 Å². The smallest absolute Gasteiger partial charge is 0.0480 e. The zero-order valence-electron chi connectivity index (χ0n) is 9.66. The molecule has 1 fully saturated rings. The molecule has 2 N–H and O–H groups in total. The number of hydrogen-bond acceptors (Lipinski definition) is 2. The van der Waals surface area contributed by atoms with Crippen LogP contribution in [0.3, 0.4) is 0 Å². The molecule has 0 aromatic carbocycles. The average molecular weight is 204 g/mol. The molecule has 82 valence electrons. The second kappa shape index (κ2) is 3.93. The summed E-state index contributed by atoms with van der Waals surface area (Å²) in [5.41, 5.74) is 8.67. The SMILES string of the molecule is CC(C)c1ccnc(C2(CN)CCC2)c1. The van der Waals surface area contributed by atoms with Gasteiger partial charge in [-0.15, -0.1) is 0 Å². The van der Waals surface area contributed by atoms with Crippen molar-refractivity contribution in [2.75, 3.05) is 6.54 Å². The first-order chi connectivity index (χ1) is 7.18. The third kappa shape index (κ3) is 1.78. The first-order valence-corrected chi connectivity index (χ1v) is 5.84. The summed E-state index contributed by atoms with van der Waals surface area (Å²) < 4.78 is 0. The van der Waals surface area contributed by atoms with Gasteiger partial charge in [-0.2, -0.15) is 0 Å². The Kier molecular flexibility index (Phi) is 2.79. The molecule has 0 atom stereocenters. The van der Waals surface area contributed by atoms with Crippen molar-refractivity contribution in [3.63, 3.8) is 0 Å². The van der Waals surface area contributed by atoms with Crippen molar-refractivity contribution in [3.8, 4) is 0 Å². The zero-order valence-corrected chi connectivity index (χ0v) is 9.66.